The van der Waals surface area contributed by atoms with Crippen LogP contribution in [0.4, 0.5) is 4.39 Å². The Labute approximate surface area is 138 Å². The first kappa shape index (κ1) is 16.6. The van der Waals surface area contributed by atoms with Gasteiger partial charge in [-0.1, -0.05) is 11.6 Å². The van der Waals surface area contributed by atoms with E-state index in [4.69, 9.17) is 20.4 Å². The van der Waals surface area contributed by atoms with Crippen LogP contribution < -0.4 is 17.7 Å². The first-order chi connectivity index (χ1) is 10.2. The van der Waals surface area contributed by atoms with Crippen LogP contribution >= 0.6 is 11.6 Å². The molecule has 0 saturated carbocycles. The number of benzene rings is 1. The average Bonchev–Trinajstić information content (AvgIpc) is 3.13. The van der Waals surface area contributed by atoms with Crippen molar-refractivity contribution in [2.75, 3.05) is 0 Å². The Morgan fingerprint density at radius 3 is 2.59 bits per heavy atom. The molecule has 22 heavy (non-hydrogen) atoms. The monoisotopic (exact) mass is 340 g/mol. The Kier molecular flexibility index (Phi) is 5.66. The normalized spacial score (nSPS) is 10.5. The van der Waals surface area contributed by atoms with Crippen LogP contribution in [0.5, 0.6) is 0 Å². The van der Waals surface area contributed by atoms with E-state index in [1.807, 2.05) is 24.3 Å². The summed E-state index contributed by atoms with van der Waals surface area (Å²) in [4.78, 5) is 0. The van der Waals surface area contributed by atoms with Gasteiger partial charge < -0.3 is 26.6 Å². The molecule has 0 saturated heterocycles. The second-order valence-electron chi connectivity index (χ2n) is 4.58. The Morgan fingerprint density at radius 2 is 1.86 bits per heavy atom. The highest BCUT2D eigenvalue weighted by Crippen LogP contribution is 2.26. The molecule has 0 amide bonds. The van der Waals surface area contributed by atoms with Gasteiger partial charge in [0, 0.05) is 5.56 Å². The van der Waals surface area contributed by atoms with E-state index in [2.05, 4.69) is 5.32 Å². The van der Waals surface area contributed by atoms with Gasteiger partial charge in [0.1, 0.15) is 23.1 Å². The van der Waals surface area contributed by atoms with E-state index in [1.165, 1.54) is 6.07 Å². The summed E-state index contributed by atoms with van der Waals surface area (Å²) in [7, 11) is 0. The molecule has 0 aliphatic rings. The molecule has 3 aromatic rings. The Morgan fingerprint density at radius 1 is 1.05 bits per heavy atom. The highest BCUT2D eigenvalue weighted by molar-refractivity contribution is 6.31. The van der Waals surface area contributed by atoms with Gasteiger partial charge in [-0.3, -0.25) is 0 Å². The van der Waals surface area contributed by atoms with Gasteiger partial charge in [0.2, 0.25) is 0 Å². The van der Waals surface area contributed by atoms with Crippen molar-refractivity contribution in [1.82, 2.24) is 5.32 Å². The topological polar surface area (TPSA) is 38.3 Å². The molecule has 2 heterocycles. The quantitative estimate of drug-likeness (QED) is 0.767. The van der Waals surface area contributed by atoms with Gasteiger partial charge in [-0.05, 0) is 42.5 Å². The Balaban J connectivity index is 0.00000176. The van der Waals surface area contributed by atoms with Gasteiger partial charge in [-0.15, -0.1) is 0 Å². The van der Waals surface area contributed by atoms with Crippen LogP contribution in [0.15, 0.2) is 57.6 Å². The summed E-state index contributed by atoms with van der Waals surface area (Å²) in [5, 5.41) is 3.30. The number of hydrogen-bond donors (Lipinski definition) is 1. The summed E-state index contributed by atoms with van der Waals surface area (Å²) < 4.78 is 24.1. The predicted molar refractivity (Wildman–Crippen MR) is 78.4 cm³/mol. The Hall–Kier alpha value is -1.75. The van der Waals surface area contributed by atoms with E-state index in [0.29, 0.717) is 18.8 Å². The first-order valence-electron chi connectivity index (χ1n) is 6.49. The van der Waals surface area contributed by atoms with Crippen LogP contribution in [-0.4, -0.2) is 0 Å². The molecule has 0 atom stereocenters. The minimum absolute atomic E-state index is 0. The molecule has 0 unspecified atom stereocenters. The second kappa shape index (κ2) is 7.49. The molecular formula is C16H13Cl2FNO2-. The van der Waals surface area contributed by atoms with E-state index < -0.39 is 5.82 Å². The third-order valence-electron chi connectivity index (χ3n) is 3.04. The fraction of sp³-hybridized carbons (Fsp3) is 0.125. The van der Waals surface area contributed by atoms with E-state index in [9.17, 15) is 4.39 Å². The third-order valence-corrected chi connectivity index (χ3v) is 3.33. The van der Waals surface area contributed by atoms with E-state index in [0.717, 1.165) is 17.1 Å². The van der Waals surface area contributed by atoms with E-state index in [1.54, 1.807) is 18.4 Å². The van der Waals surface area contributed by atoms with Crippen LogP contribution in [0, 0.1) is 5.82 Å². The molecule has 3 rings (SSSR count). The molecule has 0 bridgehead atoms. The summed E-state index contributed by atoms with van der Waals surface area (Å²) in [6.45, 7) is 1.21. The standard InChI is InChI=1S/C16H13ClFNO2.ClH/c17-14-8-11(3-5-15(14)18)16-6-4-13(21-16)10-19-9-12-2-1-7-20-12;/h1-8,19H,9-10H2;1H/p-1. The molecule has 116 valence electrons. The lowest BCUT2D eigenvalue weighted by Crippen LogP contribution is -3.00. The summed E-state index contributed by atoms with van der Waals surface area (Å²) in [5.74, 6) is 1.88. The molecular weight excluding hydrogens is 328 g/mol. The van der Waals surface area contributed by atoms with Crippen LogP contribution in [0.1, 0.15) is 11.5 Å². The number of furan rings is 2. The van der Waals surface area contributed by atoms with Crippen molar-refractivity contribution in [1.29, 1.82) is 0 Å². The van der Waals surface area contributed by atoms with Crippen molar-refractivity contribution < 1.29 is 25.6 Å². The molecule has 2 aromatic heterocycles. The fourth-order valence-corrected chi connectivity index (χ4v) is 2.18. The number of rotatable bonds is 5. The third kappa shape index (κ3) is 3.91. The maximum Gasteiger partial charge on any atom is 0.141 e. The Bertz CT molecular complexity index is 726. The smallest absolute Gasteiger partial charge is 0.141 e. The van der Waals surface area contributed by atoms with Gasteiger partial charge in [0.05, 0.1) is 24.4 Å². The van der Waals surface area contributed by atoms with Gasteiger partial charge >= 0.3 is 0 Å². The zero-order valence-corrected chi connectivity index (χ0v) is 13.0. The minimum atomic E-state index is -0.438. The lowest BCUT2D eigenvalue weighted by Gasteiger charge is -2.01. The largest absolute Gasteiger partial charge is 1.00 e. The van der Waals surface area contributed by atoms with Crippen molar-refractivity contribution in [3.8, 4) is 11.3 Å². The molecule has 1 aromatic carbocycles. The van der Waals surface area contributed by atoms with Gasteiger partial charge in [0.15, 0.2) is 0 Å². The number of nitrogens with one attached hydrogen (secondary N) is 1. The fourth-order valence-electron chi connectivity index (χ4n) is 2.00. The highest BCUT2D eigenvalue weighted by atomic mass is 35.5. The number of hydrogen-bond acceptors (Lipinski definition) is 3. The molecule has 0 aliphatic carbocycles. The maximum atomic E-state index is 13.1. The molecule has 3 nitrogen and oxygen atoms in total. The summed E-state index contributed by atoms with van der Waals surface area (Å²) >= 11 is 5.77. The predicted octanol–water partition coefficient (Wildman–Crippen LogP) is 1.63. The highest BCUT2D eigenvalue weighted by Gasteiger charge is 2.07. The van der Waals surface area contributed by atoms with Crippen LogP contribution in [-0.2, 0) is 13.1 Å². The van der Waals surface area contributed by atoms with E-state index >= 15 is 0 Å². The molecule has 6 heteroatoms. The minimum Gasteiger partial charge on any atom is -1.00 e. The first-order valence-corrected chi connectivity index (χ1v) is 6.87. The summed E-state index contributed by atoms with van der Waals surface area (Å²) in [6.07, 6.45) is 1.64. The zero-order chi connectivity index (χ0) is 14.7. The molecule has 0 fully saturated rings. The summed E-state index contributed by atoms with van der Waals surface area (Å²) in [5.41, 5.74) is 0.749. The van der Waals surface area contributed by atoms with Gasteiger partial charge in [0.25, 0.3) is 0 Å². The van der Waals surface area contributed by atoms with Crippen LogP contribution in [0.25, 0.3) is 11.3 Å². The zero-order valence-electron chi connectivity index (χ0n) is 11.5. The molecule has 0 radical (unpaired) electrons. The molecule has 0 aliphatic heterocycles. The number of halogens is 3. The van der Waals surface area contributed by atoms with Crippen molar-refractivity contribution >= 4 is 11.6 Å². The van der Waals surface area contributed by atoms with Crippen molar-refractivity contribution in [3.63, 3.8) is 0 Å². The average molecular weight is 341 g/mol. The van der Waals surface area contributed by atoms with Crippen molar-refractivity contribution in [2.45, 2.75) is 13.1 Å². The van der Waals surface area contributed by atoms with Crippen molar-refractivity contribution in [3.05, 3.63) is 71.1 Å². The van der Waals surface area contributed by atoms with Gasteiger partial charge in [-0.2, -0.15) is 0 Å². The van der Waals surface area contributed by atoms with Crippen LogP contribution in [0.2, 0.25) is 5.02 Å². The maximum absolute atomic E-state index is 13.1. The van der Waals surface area contributed by atoms with Crippen LogP contribution in [0.3, 0.4) is 0 Å². The SMILES string of the molecule is Fc1ccc(-c2ccc(CNCc3ccco3)o2)cc1Cl.[Cl-]. The molecule has 1 N–H and O–H groups in total. The lowest BCUT2D eigenvalue weighted by atomic mass is 10.2. The lowest BCUT2D eigenvalue weighted by molar-refractivity contribution is -0.00000581. The summed E-state index contributed by atoms with van der Waals surface area (Å²) in [6, 6.07) is 12.0. The van der Waals surface area contributed by atoms with Crippen molar-refractivity contribution in [2.24, 2.45) is 0 Å². The molecule has 0 spiro atoms. The second-order valence-corrected chi connectivity index (χ2v) is 4.98. The van der Waals surface area contributed by atoms with E-state index in [-0.39, 0.29) is 17.4 Å². The van der Waals surface area contributed by atoms with Gasteiger partial charge in [-0.25, -0.2) is 4.39 Å².